The molecule has 2 atom stereocenters. The van der Waals surface area contributed by atoms with Gasteiger partial charge in [0, 0.05) is 18.6 Å². The van der Waals surface area contributed by atoms with Crippen molar-refractivity contribution in [2.24, 2.45) is 5.92 Å². The minimum absolute atomic E-state index is 0.0951. The molecule has 2 unspecified atom stereocenters. The molecule has 4 nitrogen and oxygen atoms in total. The zero-order valence-corrected chi connectivity index (χ0v) is 12.0. The molecular weight excluding hydrogens is 242 g/mol. The highest BCUT2D eigenvalue weighted by molar-refractivity contribution is 5.76. The summed E-state index contributed by atoms with van der Waals surface area (Å²) in [7, 11) is 0. The molecule has 2 fully saturated rings. The third-order valence-corrected chi connectivity index (χ3v) is 4.25. The Kier molecular flexibility index (Phi) is 6.11. The standard InChI is InChI=1S/C15H27NO3/c1-2-19-15(17)14(12-9-10-18-11-12)16-13-7-5-3-4-6-8-13/h12-14,16H,2-11H2,1H3. The van der Waals surface area contributed by atoms with Gasteiger partial charge in [-0.25, -0.2) is 0 Å². The summed E-state index contributed by atoms with van der Waals surface area (Å²) >= 11 is 0. The topological polar surface area (TPSA) is 47.6 Å². The Morgan fingerprint density at radius 1 is 1.26 bits per heavy atom. The van der Waals surface area contributed by atoms with Crippen molar-refractivity contribution < 1.29 is 14.3 Å². The predicted octanol–water partition coefficient (Wildman–Crippen LogP) is 2.27. The first-order valence-corrected chi connectivity index (χ1v) is 7.81. The predicted molar refractivity (Wildman–Crippen MR) is 74.0 cm³/mol. The first-order valence-electron chi connectivity index (χ1n) is 7.81. The van der Waals surface area contributed by atoms with Crippen LogP contribution in [0.25, 0.3) is 0 Å². The number of carbonyl (C=O) groups excluding carboxylic acids is 1. The first kappa shape index (κ1) is 14.8. The first-order chi connectivity index (χ1) is 9.31. The van der Waals surface area contributed by atoms with E-state index in [1.54, 1.807) is 0 Å². The lowest BCUT2D eigenvalue weighted by molar-refractivity contribution is -0.147. The van der Waals surface area contributed by atoms with Gasteiger partial charge in [-0.05, 0) is 26.2 Å². The van der Waals surface area contributed by atoms with Gasteiger partial charge in [0.2, 0.25) is 0 Å². The van der Waals surface area contributed by atoms with Crippen molar-refractivity contribution in [3.63, 3.8) is 0 Å². The number of ether oxygens (including phenoxy) is 2. The van der Waals surface area contributed by atoms with Crippen molar-refractivity contribution in [3.05, 3.63) is 0 Å². The number of hydrogen-bond acceptors (Lipinski definition) is 4. The van der Waals surface area contributed by atoms with Gasteiger partial charge in [0.05, 0.1) is 13.2 Å². The smallest absolute Gasteiger partial charge is 0.323 e. The molecule has 2 aliphatic rings. The Labute approximate surface area is 116 Å². The molecule has 0 spiro atoms. The highest BCUT2D eigenvalue weighted by Gasteiger charge is 2.33. The van der Waals surface area contributed by atoms with E-state index < -0.39 is 0 Å². The van der Waals surface area contributed by atoms with E-state index in [0.29, 0.717) is 19.3 Å². The summed E-state index contributed by atoms with van der Waals surface area (Å²) in [6, 6.07) is 0.294. The Morgan fingerprint density at radius 2 is 2.00 bits per heavy atom. The quantitative estimate of drug-likeness (QED) is 0.614. The normalized spacial score (nSPS) is 26.9. The monoisotopic (exact) mass is 269 g/mol. The van der Waals surface area contributed by atoms with Gasteiger partial charge in [0.1, 0.15) is 6.04 Å². The van der Waals surface area contributed by atoms with E-state index in [1.807, 2.05) is 6.92 Å². The SMILES string of the molecule is CCOC(=O)C(NC1CCCCCC1)C1CCOC1. The van der Waals surface area contributed by atoms with Crippen LogP contribution in [0.5, 0.6) is 0 Å². The zero-order valence-electron chi connectivity index (χ0n) is 12.0. The van der Waals surface area contributed by atoms with Gasteiger partial charge in [-0.2, -0.15) is 0 Å². The van der Waals surface area contributed by atoms with Crippen LogP contribution >= 0.6 is 0 Å². The summed E-state index contributed by atoms with van der Waals surface area (Å²) in [5, 5.41) is 3.57. The summed E-state index contributed by atoms with van der Waals surface area (Å²) in [6.07, 6.45) is 8.53. The molecule has 0 amide bonds. The van der Waals surface area contributed by atoms with Gasteiger partial charge >= 0.3 is 5.97 Å². The lowest BCUT2D eigenvalue weighted by Gasteiger charge is -2.27. The van der Waals surface area contributed by atoms with Crippen LogP contribution in [-0.2, 0) is 14.3 Å². The van der Waals surface area contributed by atoms with Crippen LogP contribution in [0.2, 0.25) is 0 Å². The minimum Gasteiger partial charge on any atom is -0.465 e. The molecule has 19 heavy (non-hydrogen) atoms. The second kappa shape index (κ2) is 7.85. The Morgan fingerprint density at radius 3 is 2.58 bits per heavy atom. The van der Waals surface area contributed by atoms with Crippen LogP contribution in [0.1, 0.15) is 51.9 Å². The van der Waals surface area contributed by atoms with Gasteiger partial charge in [-0.15, -0.1) is 0 Å². The molecule has 1 aliphatic heterocycles. The fraction of sp³-hybridized carbons (Fsp3) is 0.933. The van der Waals surface area contributed by atoms with Crippen LogP contribution in [0.15, 0.2) is 0 Å². The molecule has 0 aromatic heterocycles. The maximum absolute atomic E-state index is 12.1. The number of carbonyl (C=O) groups is 1. The molecule has 110 valence electrons. The van der Waals surface area contributed by atoms with E-state index in [1.165, 1.54) is 38.5 Å². The number of nitrogens with one attached hydrogen (secondary N) is 1. The molecule has 1 aliphatic carbocycles. The van der Waals surface area contributed by atoms with Gasteiger partial charge < -0.3 is 14.8 Å². The van der Waals surface area contributed by atoms with Crippen LogP contribution in [0, 0.1) is 5.92 Å². The second-order valence-electron chi connectivity index (χ2n) is 5.71. The van der Waals surface area contributed by atoms with Crippen molar-refractivity contribution in [1.82, 2.24) is 5.32 Å². The fourth-order valence-electron chi connectivity index (χ4n) is 3.14. The molecule has 1 saturated carbocycles. The van der Waals surface area contributed by atoms with E-state index in [-0.39, 0.29) is 17.9 Å². The summed E-state index contributed by atoms with van der Waals surface area (Å²) in [6.45, 7) is 3.77. The maximum atomic E-state index is 12.1. The lowest BCUT2D eigenvalue weighted by atomic mass is 9.96. The van der Waals surface area contributed by atoms with Gasteiger partial charge in [-0.3, -0.25) is 4.79 Å². The Bertz CT molecular complexity index is 269. The second-order valence-corrected chi connectivity index (χ2v) is 5.71. The molecule has 0 aromatic rings. The maximum Gasteiger partial charge on any atom is 0.323 e. The Hall–Kier alpha value is -0.610. The summed E-state index contributed by atoms with van der Waals surface area (Å²) in [5.74, 6) is 0.185. The van der Waals surface area contributed by atoms with E-state index in [4.69, 9.17) is 9.47 Å². The third-order valence-electron chi connectivity index (χ3n) is 4.25. The largest absolute Gasteiger partial charge is 0.465 e. The highest BCUT2D eigenvalue weighted by Crippen LogP contribution is 2.22. The van der Waals surface area contributed by atoms with E-state index >= 15 is 0 Å². The average molecular weight is 269 g/mol. The molecule has 1 N–H and O–H groups in total. The minimum atomic E-state index is -0.175. The number of esters is 1. The van der Waals surface area contributed by atoms with E-state index in [9.17, 15) is 4.79 Å². The summed E-state index contributed by atoms with van der Waals surface area (Å²) < 4.78 is 10.7. The van der Waals surface area contributed by atoms with Crippen molar-refractivity contribution >= 4 is 5.97 Å². The molecule has 2 rings (SSSR count). The zero-order chi connectivity index (χ0) is 13.5. The molecule has 1 saturated heterocycles. The van der Waals surface area contributed by atoms with Gasteiger partial charge in [0.25, 0.3) is 0 Å². The van der Waals surface area contributed by atoms with E-state index in [0.717, 1.165) is 13.0 Å². The van der Waals surface area contributed by atoms with Gasteiger partial charge in [0.15, 0.2) is 0 Å². The van der Waals surface area contributed by atoms with Crippen molar-refractivity contribution in [2.45, 2.75) is 64.0 Å². The van der Waals surface area contributed by atoms with Crippen molar-refractivity contribution in [3.8, 4) is 0 Å². The third kappa shape index (κ3) is 4.46. The number of hydrogen-bond donors (Lipinski definition) is 1. The average Bonchev–Trinajstić information content (AvgIpc) is 2.80. The molecule has 0 aromatic carbocycles. The van der Waals surface area contributed by atoms with E-state index in [2.05, 4.69) is 5.32 Å². The van der Waals surface area contributed by atoms with Crippen LogP contribution in [-0.4, -0.2) is 37.9 Å². The fourth-order valence-corrected chi connectivity index (χ4v) is 3.14. The molecule has 0 bridgehead atoms. The molecule has 1 heterocycles. The molecule has 4 heteroatoms. The summed E-state index contributed by atoms with van der Waals surface area (Å²) in [4.78, 5) is 12.1. The Balaban J connectivity index is 1.93. The highest BCUT2D eigenvalue weighted by atomic mass is 16.5. The van der Waals surface area contributed by atoms with Crippen molar-refractivity contribution in [2.75, 3.05) is 19.8 Å². The molecule has 0 radical (unpaired) electrons. The van der Waals surface area contributed by atoms with Crippen LogP contribution in [0.3, 0.4) is 0 Å². The van der Waals surface area contributed by atoms with Crippen molar-refractivity contribution in [1.29, 1.82) is 0 Å². The lowest BCUT2D eigenvalue weighted by Crippen LogP contribution is -2.48. The molecular formula is C15H27NO3. The van der Waals surface area contributed by atoms with Crippen LogP contribution < -0.4 is 5.32 Å². The van der Waals surface area contributed by atoms with Crippen LogP contribution in [0.4, 0.5) is 0 Å². The summed E-state index contributed by atoms with van der Waals surface area (Å²) in [5.41, 5.74) is 0. The number of rotatable bonds is 5. The van der Waals surface area contributed by atoms with Gasteiger partial charge in [-0.1, -0.05) is 25.7 Å².